The van der Waals surface area contributed by atoms with Crippen molar-refractivity contribution in [2.45, 2.75) is 25.0 Å². The van der Waals surface area contributed by atoms with Gasteiger partial charge in [0.2, 0.25) is 0 Å². The van der Waals surface area contributed by atoms with E-state index in [1.165, 1.54) is 0 Å². The molecule has 0 amide bonds. The molecule has 0 aromatic heterocycles. The van der Waals surface area contributed by atoms with E-state index in [1.807, 2.05) is 0 Å². The van der Waals surface area contributed by atoms with Crippen LogP contribution in [0.1, 0.15) is 12.8 Å². The number of aldehydes is 1. The Hall–Kier alpha value is -0.775. The van der Waals surface area contributed by atoms with Crippen LogP contribution in [-0.2, 0) is 4.79 Å². The maximum absolute atomic E-state index is 10.2. The lowest BCUT2D eigenvalue weighted by Gasteiger charge is -1.96. The second-order valence-electron chi connectivity index (χ2n) is 2.47. The lowest BCUT2D eigenvalue weighted by atomic mass is 9.44. The van der Waals surface area contributed by atoms with E-state index >= 15 is 0 Å². The summed E-state index contributed by atoms with van der Waals surface area (Å²) in [5, 5.41) is 8.46. The standard InChI is InChI=1S/C6H8BNO/c8-5-7-3-1-2-6(7)4-9/h4,6H,1-3H2/t6-/m0/s1. The summed E-state index contributed by atoms with van der Waals surface area (Å²) in [6.45, 7) is 0.0162. The summed E-state index contributed by atoms with van der Waals surface area (Å²) in [5.41, 5.74) is 0. The minimum absolute atomic E-state index is 0.0162. The van der Waals surface area contributed by atoms with E-state index in [-0.39, 0.29) is 12.5 Å². The Morgan fingerprint density at radius 3 is 3.00 bits per heavy atom. The van der Waals surface area contributed by atoms with Crippen LogP contribution >= 0.6 is 0 Å². The van der Waals surface area contributed by atoms with E-state index in [2.05, 4.69) is 5.97 Å². The van der Waals surface area contributed by atoms with Crippen LogP contribution in [0, 0.1) is 11.2 Å². The quantitative estimate of drug-likeness (QED) is 0.382. The van der Waals surface area contributed by atoms with Gasteiger partial charge in [0.25, 0.3) is 6.71 Å². The van der Waals surface area contributed by atoms with Crippen molar-refractivity contribution in [2.24, 2.45) is 0 Å². The van der Waals surface area contributed by atoms with Crippen molar-refractivity contribution in [1.82, 2.24) is 0 Å². The third-order valence-corrected chi connectivity index (χ3v) is 1.91. The maximum atomic E-state index is 10.2. The fourth-order valence-electron chi connectivity index (χ4n) is 1.31. The highest BCUT2D eigenvalue weighted by molar-refractivity contribution is 6.71. The highest BCUT2D eigenvalue weighted by Gasteiger charge is 2.30. The van der Waals surface area contributed by atoms with Crippen LogP contribution in [0.15, 0.2) is 0 Å². The van der Waals surface area contributed by atoms with E-state index < -0.39 is 0 Å². The monoisotopic (exact) mass is 121 g/mol. The summed E-state index contributed by atoms with van der Waals surface area (Å²) in [6.07, 6.45) is 3.80. The minimum Gasteiger partial charge on any atom is -0.304 e. The van der Waals surface area contributed by atoms with Gasteiger partial charge in [0.15, 0.2) is 0 Å². The molecule has 0 saturated carbocycles. The van der Waals surface area contributed by atoms with Crippen LogP contribution in [0.4, 0.5) is 0 Å². The van der Waals surface area contributed by atoms with Gasteiger partial charge in [0, 0.05) is 11.8 Å². The first-order valence-corrected chi connectivity index (χ1v) is 3.23. The molecule has 1 aliphatic rings. The molecule has 1 aliphatic heterocycles. The zero-order valence-electron chi connectivity index (χ0n) is 5.21. The van der Waals surface area contributed by atoms with Gasteiger partial charge in [-0.15, -0.1) is 0 Å². The lowest BCUT2D eigenvalue weighted by molar-refractivity contribution is -0.107. The van der Waals surface area contributed by atoms with Crippen molar-refractivity contribution < 1.29 is 4.79 Å². The summed E-state index contributed by atoms with van der Waals surface area (Å²) >= 11 is 0. The van der Waals surface area contributed by atoms with Gasteiger partial charge in [-0.1, -0.05) is 12.7 Å². The highest BCUT2D eigenvalue weighted by atomic mass is 16.1. The van der Waals surface area contributed by atoms with Crippen molar-refractivity contribution in [2.75, 3.05) is 0 Å². The molecule has 0 aromatic carbocycles. The fraction of sp³-hybridized carbons (Fsp3) is 0.667. The molecule has 0 unspecified atom stereocenters. The molecule has 1 heterocycles. The molecule has 0 aromatic rings. The van der Waals surface area contributed by atoms with Crippen LogP contribution in [0.2, 0.25) is 12.1 Å². The Kier molecular flexibility index (Phi) is 1.89. The first-order valence-electron chi connectivity index (χ1n) is 3.23. The van der Waals surface area contributed by atoms with Crippen molar-refractivity contribution in [1.29, 1.82) is 5.26 Å². The zero-order chi connectivity index (χ0) is 6.69. The Balaban J connectivity index is 2.53. The highest BCUT2D eigenvalue weighted by Crippen LogP contribution is 2.27. The zero-order valence-corrected chi connectivity index (χ0v) is 5.21. The maximum Gasteiger partial charge on any atom is 0.278 e. The molecule has 2 nitrogen and oxygen atoms in total. The van der Waals surface area contributed by atoms with Crippen molar-refractivity contribution in [3.05, 3.63) is 0 Å². The Labute approximate surface area is 54.9 Å². The number of carbonyl (C=O) groups excluding carboxylic acids is 1. The molecule has 1 rings (SSSR count). The predicted octanol–water partition coefficient (Wildman–Crippen LogP) is 0.907. The molecule has 0 N–H and O–H groups in total. The average Bonchev–Trinajstić information content (AvgIpc) is 2.33. The van der Waals surface area contributed by atoms with Crippen LogP contribution in [0.25, 0.3) is 0 Å². The van der Waals surface area contributed by atoms with Crippen molar-refractivity contribution in [3.63, 3.8) is 0 Å². The molecular weight excluding hydrogens is 113 g/mol. The van der Waals surface area contributed by atoms with Gasteiger partial charge in [0.05, 0.1) is 0 Å². The first kappa shape index (κ1) is 6.35. The molecule has 0 spiro atoms. The largest absolute Gasteiger partial charge is 0.304 e. The molecule has 1 fully saturated rings. The Bertz CT molecular complexity index is 152. The predicted molar refractivity (Wildman–Crippen MR) is 35.2 cm³/mol. The third-order valence-electron chi connectivity index (χ3n) is 1.91. The number of hydrogen-bond donors (Lipinski definition) is 0. The van der Waals surface area contributed by atoms with E-state index in [4.69, 9.17) is 5.26 Å². The van der Waals surface area contributed by atoms with Crippen LogP contribution in [-0.4, -0.2) is 13.0 Å². The summed E-state index contributed by atoms with van der Waals surface area (Å²) in [5.74, 6) is 2.17. The minimum atomic E-state index is 0.0162. The molecule has 1 saturated heterocycles. The number of nitrogens with zero attached hydrogens (tertiary/aromatic N) is 1. The molecule has 3 heteroatoms. The number of carbonyl (C=O) groups is 1. The Morgan fingerprint density at radius 2 is 2.56 bits per heavy atom. The number of hydrogen-bond acceptors (Lipinski definition) is 2. The van der Waals surface area contributed by atoms with Crippen molar-refractivity contribution in [3.8, 4) is 5.97 Å². The van der Waals surface area contributed by atoms with E-state index in [0.717, 1.165) is 25.4 Å². The second kappa shape index (κ2) is 2.68. The van der Waals surface area contributed by atoms with Crippen LogP contribution in [0.3, 0.4) is 0 Å². The molecule has 9 heavy (non-hydrogen) atoms. The summed E-state index contributed by atoms with van der Waals surface area (Å²) < 4.78 is 0. The average molecular weight is 121 g/mol. The SMILES string of the molecule is N#CB1CCC[C@H]1C=O. The molecule has 46 valence electrons. The van der Waals surface area contributed by atoms with Gasteiger partial charge >= 0.3 is 0 Å². The van der Waals surface area contributed by atoms with E-state index in [1.54, 1.807) is 0 Å². The molecule has 0 aliphatic carbocycles. The number of rotatable bonds is 1. The summed E-state index contributed by atoms with van der Waals surface area (Å²) in [7, 11) is 0. The fourth-order valence-corrected chi connectivity index (χ4v) is 1.31. The van der Waals surface area contributed by atoms with Gasteiger partial charge < -0.3 is 4.79 Å². The summed E-state index contributed by atoms with van der Waals surface area (Å²) in [6, 6.07) is 0. The molecule has 0 bridgehead atoms. The van der Waals surface area contributed by atoms with Gasteiger partial charge in [-0.05, 0) is 6.42 Å². The summed E-state index contributed by atoms with van der Waals surface area (Å²) in [4.78, 5) is 10.2. The van der Waals surface area contributed by atoms with Crippen LogP contribution < -0.4 is 0 Å². The van der Waals surface area contributed by atoms with E-state index in [9.17, 15) is 4.79 Å². The molecule has 0 radical (unpaired) electrons. The number of nitriles is 1. The second-order valence-corrected chi connectivity index (χ2v) is 2.47. The normalized spacial score (nSPS) is 25.7. The Morgan fingerprint density at radius 1 is 1.78 bits per heavy atom. The van der Waals surface area contributed by atoms with Gasteiger partial charge in [0.1, 0.15) is 6.29 Å². The van der Waals surface area contributed by atoms with E-state index in [0.29, 0.717) is 0 Å². The lowest BCUT2D eigenvalue weighted by Crippen LogP contribution is -2.12. The topological polar surface area (TPSA) is 40.9 Å². The molecule has 1 atom stereocenters. The van der Waals surface area contributed by atoms with Gasteiger partial charge in [-0.2, -0.15) is 0 Å². The first-order chi connectivity index (χ1) is 4.38. The third kappa shape index (κ3) is 1.13. The van der Waals surface area contributed by atoms with Gasteiger partial charge in [-0.3, -0.25) is 0 Å². The van der Waals surface area contributed by atoms with Crippen molar-refractivity contribution >= 4 is 13.0 Å². The molecular formula is C6H8BNO. The smallest absolute Gasteiger partial charge is 0.278 e. The van der Waals surface area contributed by atoms with Crippen LogP contribution in [0.5, 0.6) is 0 Å². The van der Waals surface area contributed by atoms with Gasteiger partial charge in [-0.25, -0.2) is 5.26 Å².